The third-order valence-corrected chi connectivity index (χ3v) is 4.51. The summed E-state index contributed by atoms with van der Waals surface area (Å²) in [4.78, 5) is 11.6. The second-order valence-electron chi connectivity index (χ2n) is 8.54. The Morgan fingerprint density at radius 3 is 2.38 bits per heavy atom. The van der Waals surface area contributed by atoms with Crippen molar-refractivity contribution in [3.05, 3.63) is 35.9 Å². The Morgan fingerprint density at radius 1 is 1.19 bits per heavy atom. The summed E-state index contributed by atoms with van der Waals surface area (Å²) in [7, 11) is -0.381. The van der Waals surface area contributed by atoms with Crippen LogP contribution in [-0.2, 0) is 14.0 Å². The van der Waals surface area contributed by atoms with Crippen LogP contribution in [0.4, 0.5) is 4.79 Å². The predicted octanol–water partition coefficient (Wildman–Crippen LogP) is 3.52. The highest BCUT2D eigenvalue weighted by atomic mass is 16.7. The van der Waals surface area contributed by atoms with Crippen LogP contribution >= 0.6 is 0 Å². The van der Waals surface area contributed by atoms with Crippen LogP contribution in [0, 0.1) is 0 Å². The maximum absolute atomic E-state index is 11.6. The monoisotopic (exact) mass is 359 g/mol. The van der Waals surface area contributed by atoms with Gasteiger partial charge in [-0.1, -0.05) is 36.4 Å². The van der Waals surface area contributed by atoms with Gasteiger partial charge in [0.25, 0.3) is 0 Å². The van der Waals surface area contributed by atoms with Crippen LogP contribution in [0.1, 0.15) is 54.0 Å². The van der Waals surface area contributed by atoms with Gasteiger partial charge in [0.15, 0.2) is 0 Å². The third kappa shape index (κ3) is 5.35. The molecule has 0 aromatic heterocycles. The standard InChI is InChI=1S/C20H30BNO4/c1-18(2,3)24-17(23)22-13-9-11-15-10-8-12-16(14-15)21-25-19(4,5)20(6,7)26-21/h8-12,14H,13H2,1-7H3,(H,22,23). The van der Waals surface area contributed by atoms with Crippen LogP contribution in [0.2, 0.25) is 0 Å². The van der Waals surface area contributed by atoms with Crippen LogP contribution in [0.5, 0.6) is 0 Å². The minimum absolute atomic E-state index is 0.360. The van der Waals surface area contributed by atoms with Crippen molar-refractivity contribution >= 4 is 24.8 Å². The first-order chi connectivity index (χ1) is 11.9. The number of carbonyl (C=O) groups excluding carboxylic acids is 1. The van der Waals surface area contributed by atoms with Gasteiger partial charge in [0, 0.05) is 6.54 Å². The molecule has 0 aliphatic carbocycles. The predicted molar refractivity (Wildman–Crippen MR) is 105 cm³/mol. The lowest BCUT2D eigenvalue weighted by Crippen LogP contribution is -2.41. The van der Waals surface area contributed by atoms with E-state index in [9.17, 15) is 4.79 Å². The molecular formula is C20H30BNO4. The summed E-state index contributed by atoms with van der Waals surface area (Å²) in [5, 5.41) is 2.70. The van der Waals surface area contributed by atoms with Gasteiger partial charge in [-0.2, -0.15) is 0 Å². The van der Waals surface area contributed by atoms with Crippen LogP contribution in [0.25, 0.3) is 6.08 Å². The second kappa shape index (κ2) is 7.45. The number of rotatable bonds is 4. The van der Waals surface area contributed by atoms with E-state index in [0.717, 1.165) is 11.0 Å². The third-order valence-electron chi connectivity index (χ3n) is 4.51. The van der Waals surface area contributed by atoms with Gasteiger partial charge >= 0.3 is 13.2 Å². The van der Waals surface area contributed by atoms with E-state index >= 15 is 0 Å². The van der Waals surface area contributed by atoms with Gasteiger partial charge in [-0.3, -0.25) is 0 Å². The molecule has 1 aliphatic rings. The van der Waals surface area contributed by atoms with Crippen LogP contribution in [-0.4, -0.2) is 36.6 Å². The molecule has 1 aromatic rings. The minimum Gasteiger partial charge on any atom is -0.444 e. The highest BCUT2D eigenvalue weighted by Gasteiger charge is 2.51. The van der Waals surface area contributed by atoms with Crippen LogP contribution in [0.3, 0.4) is 0 Å². The van der Waals surface area contributed by atoms with Crippen molar-refractivity contribution in [3.8, 4) is 0 Å². The maximum Gasteiger partial charge on any atom is 0.494 e. The van der Waals surface area contributed by atoms with Gasteiger partial charge in [0.2, 0.25) is 0 Å². The number of ether oxygens (including phenoxy) is 1. The first-order valence-corrected chi connectivity index (χ1v) is 8.99. The first-order valence-electron chi connectivity index (χ1n) is 8.99. The fourth-order valence-electron chi connectivity index (χ4n) is 2.44. The van der Waals surface area contributed by atoms with Crippen molar-refractivity contribution in [1.29, 1.82) is 0 Å². The summed E-state index contributed by atoms with van der Waals surface area (Å²) in [5.41, 5.74) is 0.779. The number of nitrogens with one attached hydrogen (secondary N) is 1. The van der Waals surface area contributed by atoms with Gasteiger partial charge < -0.3 is 19.4 Å². The van der Waals surface area contributed by atoms with Crippen molar-refractivity contribution < 1.29 is 18.8 Å². The van der Waals surface area contributed by atoms with Crippen LogP contribution < -0.4 is 10.8 Å². The first kappa shape index (κ1) is 20.5. The molecule has 0 bridgehead atoms. The van der Waals surface area contributed by atoms with E-state index in [1.807, 2.05) is 84.9 Å². The van der Waals surface area contributed by atoms with E-state index in [1.165, 1.54) is 0 Å². The largest absolute Gasteiger partial charge is 0.494 e. The molecule has 5 nitrogen and oxygen atoms in total. The smallest absolute Gasteiger partial charge is 0.444 e. The minimum atomic E-state index is -0.495. The van der Waals surface area contributed by atoms with E-state index in [0.29, 0.717) is 6.54 Å². The normalized spacial score (nSPS) is 19.0. The Balaban J connectivity index is 1.95. The molecule has 6 heteroatoms. The Kier molecular flexibility index (Phi) is 5.88. The molecule has 1 heterocycles. The average Bonchev–Trinajstić information content (AvgIpc) is 2.71. The molecule has 0 saturated carbocycles. The maximum atomic E-state index is 11.6. The molecule has 1 saturated heterocycles. The molecule has 0 atom stereocenters. The van der Waals surface area contributed by atoms with Crippen molar-refractivity contribution in [1.82, 2.24) is 5.32 Å². The Morgan fingerprint density at radius 2 is 1.81 bits per heavy atom. The molecule has 142 valence electrons. The molecule has 0 radical (unpaired) electrons. The topological polar surface area (TPSA) is 56.8 Å². The van der Waals surface area contributed by atoms with Crippen molar-refractivity contribution in [2.24, 2.45) is 0 Å². The second-order valence-corrected chi connectivity index (χ2v) is 8.54. The molecule has 1 aliphatic heterocycles. The quantitative estimate of drug-likeness (QED) is 0.836. The molecular weight excluding hydrogens is 329 g/mol. The van der Waals surface area contributed by atoms with E-state index in [-0.39, 0.29) is 18.3 Å². The summed E-state index contributed by atoms with van der Waals surface area (Å²) in [6.45, 7) is 14.1. The number of hydrogen-bond donors (Lipinski definition) is 1. The van der Waals surface area contributed by atoms with Gasteiger partial charge in [-0.25, -0.2) is 4.79 Å². The van der Waals surface area contributed by atoms with Crippen molar-refractivity contribution in [2.45, 2.75) is 65.3 Å². The fourth-order valence-corrected chi connectivity index (χ4v) is 2.44. The van der Waals surface area contributed by atoms with E-state index < -0.39 is 11.7 Å². The molecule has 1 fully saturated rings. The summed E-state index contributed by atoms with van der Waals surface area (Å²) in [5.74, 6) is 0. The Hall–Kier alpha value is -1.79. The summed E-state index contributed by atoms with van der Waals surface area (Å²) in [6, 6.07) is 8.00. The molecule has 2 rings (SSSR count). The zero-order valence-corrected chi connectivity index (χ0v) is 16.9. The lowest BCUT2D eigenvalue weighted by atomic mass is 9.78. The highest BCUT2D eigenvalue weighted by Crippen LogP contribution is 2.36. The van der Waals surface area contributed by atoms with Crippen molar-refractivity contribution in [3.63, 3.8) is 0 Å². The Labute approximate surface area is 157 Å². The molecule has 0 spiro atoms. The van der Waals surface area contributed by atoms with Crippen molar-refractivity contribution in [2.75, 3.05) is 6.54 Å². The lowest BCUT2D eigenvalue weighted by molar-refractivity contribution is 0.00578. The van der Waals surface area contributed by atoms with Gasteiger partial charge in [0.05, 0.1) is 11.2 Å². The van der Waals surface area contributed by atoms with E-state index in [1.54, 1.807) is 0 Å². The fraction of sp³-hybridized carbons (Fsp3) is 0.550. The highest BCUT2D eigenvalue weighted by molar-refractivity contribution is 6.62. The molecule has 1 amide bonds. The molecule has 1 aromatic carbocycles. The van der Waals surface area contributed by atoms with Gasteiger partial charge in [-0.15, -0.1) is 0 Å². The number of carbonyl (C=O) groups is 1. The SMILES string of the molecule is CC(C)(C)OC(=O)NCC=Cc1cccc(B2OC(C)(C)C(C)(C)O2)c1. The number of hydrogen-bond acceptors (Lipinski definition) is 4. The lowest BCUT2D eigenvalue weighted by Gasteiger charge is -2.32. The molecule has 26 heavy (non-hydrogen) atoms. The Bertz CT molecular complexity index is 661. The van der Waals surface area contributed by atoms with E-state index in [2.05, 4.69) is 5.32 Å². The summed E-state index contributed by atoms with van der Waals surface area (Å²) in [6.07, 6.45) is 3.41. The summed E-state index contributed by atoms with van der Waals surface area (Å²) < 4.78 is 17.4. The summed E-state index contributed by atoms with van der Waals surface area (Å²) >= 11 is 0. The number of benzene rings is 1. The van der Waals surface area contributed by atoms with Crippen LogP contribution in [0.15, 0.2) is 30.3 Å². The number of amides is 1. The van der Waals surface area contributed by atoms with E-state index in [4.69, 9.17) is 14.0 Å². The molecule has 1 N–H and O–H groups in total. The van der Waals surface area contributed by atoms with Gasteiger partial charge in [-0.05, 0) is 59.5 Å². The zero-order chi connectivity index (χ0) is 19.6. The van der Waals surface area contributed by atoms with Gasteiger partial charge in [0.1, 0.15) is 5.60 Å². The number of alkyl carbamates (subject to hydrolysis) is 1. The average molecular weight is 359 g/mol. The molecule has 0 unspecified atom stereocenters. The zero-order valence-electron chi connectivity index (χ0n) is 16.9.